The Kier molecular flexibility index (Phi) is 6.42. The van der Waals surface area contributed by atoms with Crippen LogP contribution in [0.4, 0.5) is 5.69 Å². The van der Waals surface area contributed by atoms with Crippen molar-refractivity contribution in [3.63, 3.8) is 0 Å². The molecule has 0 bridgehead atoms. The Balaban J connectivity index is 1.35. The van der Waals surface area contributed by atoms with Crippen LogP contribution in [0.15, 0.2) is 29.2 Å². The molecule has 166 valence electrons. The van der Waals surface area contributed by atoms with Gasteiger partial charge in [-0.05, 0) is 37.5 Å². The highest BCUT2D eigenvalue weighted by Crippen LogP contribution is 2.35. The van der Waals surface area contributed by atoms with Gasteiger partial charge in [-0.15, -0.1) is 0 Å². The minimum absolute atomic E-state index is 0.133. The number of morpholine rings is 1. The zero-order valence-electron chi connectivity index (χ0n) is 17.0. The van der Waals surface area contributed by atoms with Gasteiger partial charge < -0.3 is 19.9 Å². The molecule has 1 aromatic carbocycles. The van der Waals surface area contributed by atoms with Crippen LogP contribution in [-0.4, -0.2) is 92.9 Å². The summed E-state index contributed by atoms with van der Waals surface area (Å²) in [6, 6.07) is 6.30. The molecule has 9 nitrogen and oxygen atoms in total. The first-order valence-corrected chi connectivity index (χ1v) is 11.9. The van der Waals surface area contributed by atoms with E-state index in [-0.39, 0.29) is 17.3 Å². The number of nitrogens with one attached hydrogen (secondary N) is 1. The van der Waals surface area contributed by atoms with E-state index in [0.717, 1.165) is 12.8 Å². The third kappa shape index (κ3) is 4.53. The number of β-amino-alcohol motifs (C(OH)–C–C–N with tert-alkyl or cyclic N) is 1. The summed E-state index contributed by atoms with van der Waals surface area (Å²) in [6.45, 7) is 3.28. The molecule has 0 aliphatic carbocycles. The Morgan fingerprint density at radius 2 is 2.00 bits per heavy atom. The molecule has 4 rings (SSSR count). The summed E-state index contributed by atoms with van der Waals surface area (Å²) < 4.78 is 38.0. The Morgan fingerprint density at radius 1 is 1.20 bits per heavy atom. The number of aliphatic hydroxyl groups is 1. The lowest BCUT2D eigenvalue weighted by Gasteiger charge is -2.42. The predicted octanol–water partition coefficient (Wildman–Crippen LogP) is 0.262. The molecule has 3 aliphatic heterocycles. The van der Waals surface area contributed by atoms with Crippen molar-refractivity contribution in [2.75, 3.05) is 57.9 Å². The van der Waals surface area contributed by atoms with Gasteiger partial charge in [0.2, 0.25) is 15.9 Å². The molecule has 1 aromatic rings. The largest absolute Gasteiger partial charge is 0.389 e. The number of sulfonamides is 1. The van der Waals surface area contributed by atoms with E-state index in [0.29, 0.717) is 58.1 Å². The van der Waals surface area contributed by atoms with E-state index in [1.807, 2.05) is 4.90 Å². The Morgan fingerprint density at radius 3 is 2.70 bits per heavy atom. The molecule has 0 unspecified atom stereocenters. The molecule has 3 fully saturated rings. The Labute approximate surface area is 177 Å². The summed E-state index contributed by atoms with van der Waals surface area (Å²) in [7, 11) is -3.62. The van der Waals surface area contributed by atoms with Gasteiger partial charge in [-0.25, -0.2) is 8.42 Å². The van der Waals surface area contributed by atoms with Gasteiger partial charge in [0.25, 0.3) is 0 Å². The fourth-order valence-corrected chi connectivity index (χ4v) is 5.87. The van der Waals surface area contributed by atoms with E-state index in [1.165, 1.54) is 16.4 Å². The van der Waals surface area contributed by atoms with Crippen LogP contribution < -0.4 is 5.32 Å². The van der Waals surface area contributed by atoms with E-state index in [4.69, 9.17) is 9.47 Å². The van der Waals surface area contributed by atoms with Gasteiger partial charge in [-0.3, -0.25) is 9.69 Å². The minimum atomic E-state index is -3.62. The van der Waals surface area contributed by atoms with E-state index in [1.54, 1.807) is 12.1 Å². The number of piperidine rings is 1. The third-order valence-corrected chi connectivity index (χ3v) is 8.01. The first kappa shape index (κ1) is 21.7. The zero-order chi connectivity index (χ0) is 21.2. The molecule has 1 spiro atoms. The Bertz CT molecular complexity index is 865. The second kappa shape index (κ2) is 8.89. The Hall–Kier alpha value is -1.56. The number of ether oxygens (including phenoxy) is 2. The fourth-order valence-electron chi connectivity index (χ4n) is 4.41. The molecule has 2 atom stereocenters. The molecule has 0 aromatic heterocycles. The van der Waals surface area contributed by atoms with Crippen molar-refractivity contribution >= 4 is 21.6 Å². The first-order valence-electron chi connectivity index (χ1n) is 10.4. The van der Waals surface area contributed by atoms with Crippen molar-refractivity contribution in [2.24, 2.45) is 0 Å². The SMILES string of the molecule is O=C(CN1CC[C@@]2(CCCO2)[C@@H](O)C1)Nc1cccc(S(=O)(=O)N2CCOCC2)c1. The van der Waals surface area contributed by atoms with Crippen LogP contribution in [0.1, 0.15) is 19.3 Å². The maximum absolute atomic E-state index is 12.8. The smallest absolute Gasteiger partial charge is 0.243 e. The molecule has 3 heterocycles. The van der Waals surface area contributed by atoms with Gasteiger partial charge in [0.1, 0.15) is 0 Å². The highest BCUT2D eigenvalue weighted by Gasteiger charge is 2.45. The van der Waals surface area contributed by atoms with Crippen molar-refractivity contribution in [1.29, 1.82) is 0 Å². The number of anilines is 1. The second-order valence-electron chi connectivity index (χ2n) is 8.11. The average molecular weight is 440 g/mol. The van der Waals surface area contributed by atoms with Crippen LogP contribution in [0.5, 0.6) is 0 Å². The molecule has 2 N–H and O–H groups in total. The number of hydrogen-bond donors (Lipinski definition) is 2. The summed E-state index contributed by atoms with van der Waals surface area (Å²) in [4.78, 5) is 14.6. The number of nitrogens with zero attached hydrogens (tertiary/aromatic N) is 2. The third-order valence-electron chi connectivity index (χ3n) is 6.12. The molecular formula is C20H29N3O6S. The van der Waals surface area contributed by atoms with Gasteiger partial charge >= 0.3 is 0 Å². The lowest BCUT2D eigenvalue weighted by Crippen LogP contribution is -2.56. The summed E-state index contributed by atoms with van der Waals surface area (Å²) in [5.74, 6) is -0.244. The average Bonchev–Trinajstić information content (AvgIpc) is 3.22. The molecule has 10 heteroatoms. The topological polar surface area (TPSA) is 108 Å². The van der Waals surface area contributed by atoms with Gasteiger partial charge in [0.15, 0.2) is 0 Å². The number of hydrogen-bond acceptors (Lipinski definition) is 7. The van der Waals surface area contributed by atoms with E-state index in [9.17, 15) is 18.3 Å². The van der Waals surface area contributed by atoms with Gasteiger partial charge in [0.05, 0.1) is 36.4 Å². The molecule has 3 aliphatic rings. The number of rotatable bonds is 5. The van der Waals surface area contributed by atoms with Crippen LogP contribution in [0.3, 0.4) is 0 Å². The molecule has 30 heavy (non-hydrogen) atoms. The number of aliphatic hydroxyl groups excluding tert-OH is 1. The maximum atomic E-state index is 12.8. The van der Waals surface area contributed by atoms with Crippen molar-refractivity contribution in [3.05, 3.63) is 24.3 Å². The predicted molar refractivity (Wildman–Crippen MR) is 110 cm³/mol. The lowest BCUT2D eigenvalue weighted by atomic mass is 9.86. The van der Waals surface area contributed by atoms with Crippen molar-refractivity contribution in [1.82, 2.24) is 9.21 Å². The standard InChI is InChI=1S/C20H29N3O6S/c24-18-14-22(7-6-20(18)5-2-10-29-20)15-19(25)21-16-3-1-4-17(13-16)30(26,27)23-8-11-28-12-9-23/h1,3-4,13,18,24H,2,5-12,14-15H2,(H,21,25)/t18-,20-/m0/s1. The van der Waals surface area contributed by atoms with Gasteiger partial charge in [-0.1, -0.05) is 6.07 Å². The van der Waals surface area contributed by atoms with Gasteiger partial charge in [0, 0.05) is 38.5 Å². The molecule has 0 radical (unpaired) electrons. The second-order valence-corrected chi connectivity index (χ2v) is 10.0. The van der Waals surface area contributed by atoms with Crippen molar-refractivity contribution in [2.45, 2.75) is 35.9 Å². The van der Waals surface area contributed by atoms with Crippen LogP contribution >= 0.6 is 0 Å². The van der Waals surface area contributed by atoms with E-state index < -0.39 is 21.7 Å². The first-order chi connectivity index (χ1) is 14.4. The molecular weight excluding hydrogens is 410 g/mol. The fraction of sp³-hybridized carbons (Fsp3) is 0.650. The zero-order valence-corrected chi connectivity index (χ0v) is 17.8. The normalized spacial score (nSPS) is 28.6. The number of carbonyl (C=O) groups is 1. The quantitative estimate of drug-likeness (QED) is 0.678. The number of carbonyl (C=O) groups excluding carboxylic acids is 1. The summed E-state index contributed by atoms with van der Waals surface area (Å²) >= 11 is 0. The summed E-state index contributed by atoms with van der Waals surface area (Å²) in [6.07, 6.45) is 1.91. The van der Waals surface area contributed by atoms with Crippen LogP contribution in [0.2, 0.25) is 0 Å². The number of amides is 1. The number of likely N-dealkylation sites (tertiary alicyclic amines) is 1. The van der Waals surface area contributed by atoms with E-state index in [2.05, 4.69) is 5.32 Å². The summed E-state index contributed by atoms with van der Waals surface area (Å²) in [5.41, 5.74) is -0.0164. The minimum Gasteiger partial charge on any atom is -0.389 e. The van der Waals surface area contributed by atoms with Crippen LogP contribution in [0, 0.1) is 0 Å². The van der Waals surface area contributed by atoms with Gasteiger partial charge in [-0.2, -0.15) is 4.31 Å². The molecule has 0 saturated carbocycles. The molecule has 3 saturated heterocycles. The maximum Gasteiger partial charge on any atom is 0.243 e. The highest BCUT2D eigenvalue weighted by atomic mass is 32.2. The highest BCUT2D eigenvalue weighted by molar-refractivity contribution is 7.89. The van der Waals surface area contributed by atoms with Crippen LogP contribution in [0.25, 0.3) is 0 Å². The number of benzene rings is 1. The molecule has 1 amide bonds. The van der Waals surface area contributed by atoms with Crippen molar-refractivity contribution < 1.29 is 27.8 Å². The van der Waals surface area contributed by atoms with Crippen LogP contribution in [-0.2, 0) is 24.3 Å². The lowest BCUT2D eigenvalue weighted by molar-refractivity contribution is -0.135. The van der Waals surface area contributed by atoms with E-state index >= 15 is 0 Å². The van der Waals surface area contributed by atoms with Crippen molar-refractivity contribution in [3.8, 4) is 0 Å². The summed E-state index contributed by atoms with van der Waals surface area (Å²) in [5, 5.41) is 13.3. The monoisotopic (exact) mass is 439 g/mol.